The topological polar surface area (TPSA) is 49.6 Å². The number of rotatable bonds is 9. The second-order valence-electron chi connectivity index (χ2n) is 5.66. The molecule has 114 valence electrons. The summed E-state index contributed by atoms with van der Waals surface area (Å²) in [6.45, 7) is 12.6. The molecule has 2 N–H and O–H groups in total. The van der Waals surface area contributed by atoms with Crippen molar-refractivity contribution in [3.05, 3.63) is 0 Å². The minimum atomic E-state index is -0.0382. The average molecular weight is 271 g/mol. The molecule has 0 aliphatic carbocycles. The van der Waals surface area contributed by atoms with Crippen LogP contribution in [0, 0.1) is 0 Å². The molecule has 0 aromatic rings. The first kappa shape index (κ1) is 18.4. The Kier molecular flexibility index (Phi) is 8.26. The summed E-state index contributed by atoms with van der Waals surface area (Å²) in [5.41, 5.74) is 5.97. The maximum Gasteiger partial charge on any atom is 0.236 e. The lowest BCUT2D eigenvalue weighted by molar-refractivity contribution is -0.134. The largest absolute Gasteiger partial charge is 0.342 e. The zero-order valence-electron chi connectivity index (χ0n) is 13.7. The highest BCUT2D eigenvalue weighted by atomic mass is 16.2. The van der Waals surface area contributed by atoms with Crippen LogP contribution < -0.4 is 5.73 Å². The van der Waals surface area contributed by atoms with E-state index in [0.29, 0.717) is 13.1 Å². The summed E-state index contributed by atoms with van der Waals surface area (Å²) >= 11 is 0. The van der Waals surface area contributed by atoms with E-state index < -0.39 is 0 Å². The van der Waals surface area contributed by atoms with Gasteiger partial charge in [0.2, 0.25) is 5.91 Å². The number of likely N-dealkylation sites (N-methyl/N-ethyl adjacent to an activating group) is 1. The molecule has 19 heavy (non-hydrogen) atoms. The second-order valence-corrected chi connectivity index (χ2v) is 5.66. The normalized spacial score (nSPS) is 12.3. The third kappa shape index (κ3) is 4.77. The zero-order valence-corrected chi connectivity index (χ0v) is 13.7. The third-order valence-electron chi connectivity index (χ3n) is 4.35. The smallest absolute Gasteiger partial charge is 0.236 e. The lowest BCUT2D eigenvalue weighted by atomic mass is 9.90. The van der Waals surface area contributed by atoms with Crippen molar-refractivity contribution >= 4 is 5.91 Å². The van der Waals surface area contributed by atoms with Gasteiger partial charge in [0.1, 0.15) is 0 Å². The van der Waals surface area contributed by atoms with Gasteiger partial charge in [-0.1, -0.05) is 20.8 Å². The summed E-state index contributed by atoms with van der Waals surface area (Å²) in [4.78, 5) is 16.4. The van der Waals surface area contributed by atoms with Crippen molar-refractivity contribution in [1.82, 2.24) is 9.80 Å². The van der Waals surface area contributed by atoms with E-state index in [1.165, 1.54) is 0 Å². The molecule has 0 saturated heterocycles. The van der Waals surface area contributed by atoms with E-state index in [4.69, 9.17) is 5.73 Å². The summed E-state index contributed by atoms with van der Waals surface area (Å²) in [7, 11) is 1.87. The summed E-state index contributed by atoms with van der Waals surface area (Å²) in [5, 5.41) is 0. The lowest BCUT2D eigenvalue weighted by Gasteiger charge is -2.43. The molecular formula is C15H33N3O. The molecule has 4 nitrogen and oxygen atoms in total. The van der Waals surface area contributed by atoms with Crippen LogP contribution in [0.4, 0.5) is 0 Å². The molecule has 1 amide bonds. The van der Waals surface area contributed by atoms with E-state index in [1.54, 1.807) is 0 Å². The second kappa shape index (κ2) is 8.54. The van der Waals surface area contributed by atoms with E-state index in [-0.39, 0.29) is 17.5 Å². The van der Waals surface area contributed by atoms with E-state index in [0.717, 1.165) is 25.8 Å². The molecule has 0 atom stereocenters. The third-order valence-corrected chi connectivity index (χ3v) is 4.35. The molecule has 0 radical (unpaired) electrons. The van der Waals surface area contributed by atoms with Crippen molar-refractivity contribution < 1.29 is 4.79 Å². The Morgan fingerprint density at radius 3 is 2.05 bits per heavy atom. The summed E-state index contributed by atoms with van der Waals surface area (Å²) in [6, 6.07) is 0.242. The van der Waals surface area contributed by atoms with Crippen molar-refractivity contribution in [3.8, 4) is 0 Å². The van der Waals surface area contributed by atoms with Crippen molar-refractivity contribution in [2.75, 3.05) is 26.7 Å². The SMILES string of the molecule is CCCN(CC(=O)N(C)C(C)C)C(CC)(CC)CN. The summed E-state index contributed by atoms with van der Waals surface area (Å²) < 4.78 is 0. The van der Waals surface area contributed by atoms with Crippen LogP contribution in [0.3, 0.4) is 0 Å². The van der Waals surface area contributed by atoms with Crippen LogP contribution in [0.15, 0.2) is 0 Å². The Balaban J connectivity index is 4.95. The van der Waals surface area contributed by atoms with Gasteiger partial charge in [0.25, 0.3) is 0 Å². The van der Waals surface area contributed by atoms with Crippen LogP contribution in [-0.4, -0.2) is 54.0 Å². The minimum Gasteiger partial charge on any atom is -0.342 e. The highest BCUT2D eigenvalue weighted by Crippen LogP contribution is 2.23. The first-order chi connectivity index (χ1) is 8.88. The number of carbonyl (C=O) groups excluding carboxylic acids is 1. The van der Waals surface area contributed by atoms with Gasteiger partial charge in [-0.2, -0.15) is 0 Å². The van der Waals surface area contributed by atoms with Gasteiger partial charge in [0, 0.05) is 25.2 Å². The number of nitrogens with two attached hydrogens (primary N) is 1. The first-order valence-corrected chi connectivity index (χ1v) is 7.59. The number of carbonyl (C=O) groups is 1. The molecule has 0 unspecified atom stereocenters. The lowest BCUT2D eigenvalue weighted by Crippen LogP contribution is -2.56. The maximum atomic E-state index is 12.3. The van der Waals surface area contributed by atoms with E-state index >= 15 is 0 Å². The Morgan fingerprint density at radius 2 is 1.74 bits per heavy atom. The number of nitrogens with zero attached hydrogens (tertiary/aromatic N) is 2. The van der Waals surface area contributed by atoms with Crippen molar-refractivity contribution in [1.29, 1.82) is 0 Å². The van der Waals surface area contributed by atoms with Gasteiger partial charge in [0.15, 0.2) is 0 Å². The highest BCUT2D eigenvalue weighted by molar-refractivity contribution is 5.78. The van der Waals surface area contributed by atoms with Crippen LogP contribution in [0.2, 0.25) is 0 Å². The first-order valence-electron chi connectivity index (χ1n) is 7.59. The van der Waals surface area contributed by atoms with Gasteiger partial charge in [-0.15, -0.1) is 0 Å². The molecule has 0 aromatic heterocycles. The van der Waals surface area contributed by atoms with Crippen molar-refractivity contribution in [2.45, 2.75) is 65.5 Å². The molecule has 0 aliphatic rings. The molecule has 0 aromatic carbocycles. The van der Waals surface area contributed by atoms with E-state index in [9.17, 15) is 4.79 Å². The molecule has 4 heteroatoms. The number of hydrogen-bond donors (Lipinski definition) is 1. The fraction of sp³-hybridized carbons (Fsp3) is 0.933. The molecule has 0 bridgehead atoms. The molecule has 0 spiro atoms. The van der Waals surface area contributed by atoms with Gasteiger partial charge in [-0.25, -0.2) is 0 Å². The summed E-state index contributed by atoms with van der Waals surface area (Å²) in [5.74, 6) is 0.183. The van der Waals surface area contributed by atoms with Crippen LogP contribution >= 0.6 is 0 Å². The monoisotopic (exact) mass is 271 g/mol. The minimum absolute atomic E-state index is 0.0382. The molecule has 0 heterocycles. The molecule has 0 aliphatic heterocycles. The Bertz CT molecular complexity index is 254. The van der Waals surface area contributed by atoms with E-state index in [1.807, 2.05) is 25.8 Å². The molecule has 0 fully saturated rings. The molecule has 0 rings (SSSR count). The predicted octanol–water partition coefficient (Wildman–Crippen LogP) is 2.08. The zero-order chi connectivity index (χ0) is 15.1. The fourth-order valence-electron chi connectivity index (χ4n) is 2.43. The Morgan fingerprint density at radius 1 is 1.21 bits per heavy atom. The van der Waals surface area contributed by atoms with Gasteiger partial charge < -0.3 is 10.6 Å². The van der Waals surface area contributed by atoms with Crippen LogP contribution in [0.1, 0.15) is 53.9 Å². The standard InChI is InChI=1S/C15H33N3O/c1-7-10-18(15(8-2,9-3)12-16)11-14(19)17(6)13(4)5/h13H,7-12,16H2,1-6H3. The van der Waals surface area contributed by atoms with Crippen molar-refractivity contribution in [2.24, 2.45) is 5.73 Å². The van der Waals surface area contributed by atoms with Crippen molar-refractivity contribution in [3.63, 3.8) is 0 Å². The average Bonchev–Trinajstić information content (AvgIpc) is 2.40. The van der Waals surface area contributed by atoms with E-state index in [2.05, 4.69) is 25.7 Å². The number of amides is 1. The van der Waals surface area contributed by atoms with Gasteiger partial charge >= 0.3 is 0 Å². The van der Waals surface area contributed by atoms with Gasteiger partial charge in [-0.05, 0) is 39.7 Å². The Labute approximate surface area is 119 Å². The van der Waals surface area contributed by atoms with Crippen LogP contribution in [0.25, 0.3) is 0 Å². The maximum absolute atomic E-state index is 12.3. The van der Waals surface area contributed by atoms with Gasteiger partial charge in [-0.3, -0.25) is 9.69 Å². The van der Waals surface area contributed by atoms with Crippen LogP contribution in [-0.2, 0) is 4.79 Å². The molecule has 0 saturated carbocycles. The fourth-order valence-corrected chi connectivity index (χ4v) is 2.43. The Hall–Kier alpha value is -0.610. The highest BCUT2D eigenvalue weighted by Gasteiger charge is 2.33. The molecular weight excluding hydrogens is 238 g/mol. The quantitative estimate of drug-likeness (QED) is 0.698. The van der Waals surface area contributed by atoms with Crippen LogP contribution in [0.5, 0.6) is 0 Å². The summed E-state index contributed by atoms with van der Waals surface area (Å²) in [6.07, 6.45) is 3.01. The van der Waals surface area contributed by atoms with Gasteiger partial charge in [0.05, 0.1) is 6.54 Å². The predicted molar refractivity (Wildman–Crippen MR) is 82.1 cm³/mol. The number of hydrogen-bond acceptors (Lipinski definition) is 3.